The molecule has 1 heterocycles. The summed E-state index contributed by atoms with van der Waals surface area (Å²) in [5.41, 5.74) is 1.24. The van der Waals surface area contributed by atoms with Crippen LogP contribution in [0.1, 0.15) is 29.6 Å². The van der Waals surface area contributed by atoms with Gasteiger partial charge in [-0.3, -0.25) is 4.79 Å². The lowest BCUT2D eigenvalue weighted by Gasteiger charge is -2.23. The maximum absolute atomic E-state index is 13.4. The molecule has 1 atom stereocenters. The zero-order chi connectivity index (χ0) is 13.0. The number of carbonyl (C=O) groups is 1. The van der Waals surface area contributed by atoms with Gasteiger partial charge in [-0.15, -0.1) is 0 Å². The van der Waals surface area contributed by atoms with Gasteiger partial charge in [0.2, 0.25) is 0 Å². The van der Waals surface area contributed by atoms with Crippen LogP contribution in [0.3, 0.4) is 0 Å². The zero-order valence-electron chi connectivity index (χ0n) is 10.6. The second kappa shape index (κ2) is 6.23. The predicted octanol–water partition coefficient (Wildman–Crippen LogP) is 3.36. The number of anilines is 1. The van der Waals surface area contributed by atoms with E-state index < -0.39 is 0 Å². The van der Waals surface area contributed by atoms with Gasteiger partial charge in [-0.1, -0.05) is 0 Å². The van der Waals surface area contributed by atoms with Crippen molar-refractivity contribution in [3.8, 4) is 0 Å². The van der Waals surface area contributed by atoms with Crippen molar-refractivity contribution in [1.29, 1.82) is 0 Å². The van der Waals surface area contributed by atoms with Crippen LogP contribution >= 0.6 is 11.8 Å². The molecule has 1 aliphatic heterocycles. The van der Waals surface area contributed by atoms with E-state index >= 15 is 0 Å². The van der Waals surface area contributed by atoms with E-state index in [1.54, 1.807) is 6.07 Å². The van der Waals surface area contributed by atoms with Crippen molar-refractivity contribution in [1.82, 2.24) is 0 Å². The average Bonchev–Trinajstić information content (AvgIpc) is 2.63. The summed E-state index contributed by atoms with van der Waals surface area (Å²) in [6, 6.07) is 4.57. The van der Waals surface area contributed by atoms with E-state index in [0.29, 0.717) is 17.1 Å². The van der Waals surface area contributed by atoms with Crippen LogP contribution in [-0.4, -0.2) is 30.9 Å². The van der Waals surface area contributed by atoms with Crippen molar-refractivity contribution in [3.63, 3.8) is 0 Å². The molecule has 1 aromatic rings. The summed E-state index contributed by atoms with van der Waals surface area (Å²) >= 11 is 1.91. The predicted molar refractivity (Wildman–Crippen MR) is 75.2 cm³/mol. The van der Waals surface area contributed by atoms with Gasteiger partial charge < -0.3 is 4.90 Å². The van der Waals surface area contributed by atoms with Gasteiger partial charge in [-0.05, 0) is 43.7 Å². The summed E-state index contributed by atoms with van der Waals surface area (Å²) in [5.74, 6) is -0.333. The van der Waals surface area contributed by atoms with E-state index in [1.165, 1.54) is 18.6 Å². The Bertz CT molecular complexity index is 424. The fraction of sp³-hybridized carbons (Fsp3) is 0.500. The third-order valence-corrected chi connectivity index (χ3v) is 4.55. The maximum Gasteiger partial charge on any atom is 0.150 e. The number of benzene rings is 1. The summed E-state index contributed by atoms with van der Waals surface area (Å²) in [5, 5.41) is 0.703. The number of carbonyl (C=O) groups excluding carboxylic acids is 1. The molecule has 2 rings (SSSR count). The quantitative estimate of drug-likeness (QED) is 0.783. The second-order valence-electron chi connectivity index (χ2n) is 4.64. The topological polar surface area (TPSA) is 20.3 Å². The maximum atomic E-state index is 13.4. The van der Waals surface area contributed by atoms with Gasteiger partial charge in [0.1, 0.15) is 12.1 Å². The molecule has 18 heavy (non-hydrogen) atoms. The number of rotatable bonds is 3. The van der Waals surface area contributed by atoms with Gasteiger partial charge in [0.05, 0.1) is 0 Å². The fourth-order valence-corrected chi connectivity index (χ4v) is 3.15. The number of hydrogen-bond donors (Lipinski definition) is 0. The number of aldehydes is 1. The third-order valence-electron chi connectivity index (χ3n) is 3.41. The molecular weight excluding hydrogens is 249 g/mol. The van der Waals surface area contributed by atoms with Crippen LogP contribution in [0.15, 0.2) is 18.2 Å². The first-order chi connectivity index (χ1) is 8.72. The molecule has 98 valence electrons. The molecule has 1 saturated heterocycles. The summed E-state index contributed by atoms with van der Waals surface area (Å²) in [6.45, 7) is 1.88. The Morgan fingerprint density at radius 3 is 2.89 bits per heavy atom. The molecule has 0 aromatic heterocycles. The van der Waals surface area contributed by atoms with E-state index in [4.69, 9.17) is 0 Å². The summed E-state index contributed by atoms with van der Waals surface area (Å²) in [4.78, 5) is 13.0. The summed E-state index contributed by atoms with van der Waals surface area (Å²) in [6.07, 6.45) is 6.31. The van der Waals surface area contributed by atoms with E-state index in [-0.39, 0.29) is 5.82 Å². The van der Waals surface area contributed by atoms with Gasteiger partial charge >= 0.3 is 0 Å². The van der Waals surface area contributed by atoms with Crippen LogP contribution in [0.5, 0.6) is 0 Å². The van der Waals surface area contributed by atoms with E-state index in [2.05, 4.69) is 11.2 Å². The minimum atomic E-state index is -0.333. The number of nitrogens with zero attached hydrogens (tertiary/aromatic N) is 1. The zero-order valence-corrected chi connectivity index (χ0v) is 11.4. The van der Waals surface area contributed by atoms with Crippen molar-refractivity contribution in [2.24, 2.45) is 0 Å². The molecule has 4 heteroatoms. The number of thioether (sulfide) groups is 1. The molecule has 0 aliphatic carbocycles. The van der Waals surface area contributed by atoms with Gasteiger partial charge in [-0.2, -0.15) is 11.8 Å². The molecular formula is C14H18FNOS. The average molecular weight is 267 g/mol. The lowest BCUT2D eigenvalue weighted by molar-refractivity contribution is 0.112. The minimum Gasteiger partial charge on any atom is -0.371 e. The molecule has 0 radical (unpaired) electrons. The Hall–Kier alpha value is -1.03. The highest BCUT2D eigenvalue weighted by molar-refractivity contribution is 7.99. The SMILES string of the molecule is CSC1CCCN(c2cc(F)cc(C=O)c2)CC1. The van der Waals surface area contributed by atoms with Crippen LogP contribution in [0.2, 0.25) is 0 Å². The van der Waals surface area contributed by atoms with Crippen molar-refractivity contribution in [2.45, 2.75) is 24.5 Å². The van der Waals surface area contributed by atoms with Crippen LogP contribution in [-0.2, 0) is 0 Å². The molecule has 1 fully saturated rings. The summed E-state index contributed by atoms with van der Waals surface area (Å²) < 4.78 is 13.4. The number of hydrogen-bond acceptors (Lipinski definition) is 3. The van der Waals surface area contributed by atoms with Gasteiger partial charge in [-0.25, -0.2) is 4.39 Å². The highest BCUT2D eigenvalue weighted by Gasteiger charge is 2.17. The van der Waals surface area contributed by atoms with Crippen molar-refractivity contribution < 1.29 is 9.18 Å². The first-order valence-corrected chi connectivity index (χ1v) is 7.55. The normalized spacial score (nSPS) is 20.6. The first-order valence-electron chi connectivity index (χ1n) is 6.26. The fourth-order valence-electron chi connectivity index (χ4n) is 2.41. The van der Waals surface area contributed by atoms with Gasteiger partial charge in [0.15, 0.2) is 0 Å². The van der Waals surface area contributed by atoms with Gasteiger partial charge in [0, 0.05) is 29.6 Å². The Morgan fingerprint density at radius 2 is 2.17 bits per heavy atom. The molecule has 0 spiro atoms. The molecule has 2 nitrogen and oxygen atoms in total. The molecule has 0 amide bonds. The van der Waals surface area contributed by atoms with Gasteiger partial charge in [0.25, 0.3) is 0 Å². The van der Waals surface area contributed by atoms with Crippen molar-refractivity contribution in [3.05, 3.63) is 29.6 Å². The Morgan fingerprint density at radius 1 is 1.33 bits per heavy atom. The van der Waals surface area contributed by atoms with Crippen LogP contribution < -0.4 is 4.90 Å². The Labute approximate surface area is 112 Å². The molecule has 0 bridgehead atoms. The lowest BCUT2D eigenvalue weighted by atomic mass is 10.2. The summed E-state index contributed by atoms with van der Waals surface area (Å²) in [7, 11) is 0. The number of halogens is 1. The highest BCUT2D eigenvalue weighted by atomic mass is 32.2. The van der Waals surface area contributed by atoms with Crippen LogP contribution in [0.25, 0.3) is 0 Å². The van der Waals surface area contributed by atoms with Crippen molar-refractivity contribution >= 4 is 23.7 Å². The van der Waals surface area contributed by atoms with Crippen LogP contribution in [0, 0.1) is 5.82 Å². The van der Waals surface area contributed by atoms with E-state index in [1.807, 2.05) is 11.8 Å². The highest BCUT2D eigenvalue weighted by Crippen LogP contribution is 2.25. The monoisotopic (exact) mass is 267 g/mol. The Kier molecular flexibility index (Phi) is 4.64. The smallest absolute Gasteiger partial charge is 0.150 e. The van der Waals surface area contributed by atoms with E-state index in [0.717, 1.165) is 31.6 Å². The molecule has 0 saturated carbocycles. The molecule has 1 aliphatic rings. The van der Waals surface area contributed by atoms with Crippen molar-refractivity contribution in [2.75, 3.05) is 24.2 Å². The lowest BCUT2D eigenvalue weighted by Crippen LogP contribution is -2.24. The third kappa shape index (κ3) is 3.25. The van der Waals surface area contributed by atoms with E-state index in [9.17, 15) is 9.18 Å². The second-order valence-corrected chi connectivity index (χ2v) is 5.77. The molecule has 1 unspecified atom stereocenters. The first kappa shape index (κ1) is 13.4. The standard InChI is InChI=1S/C14H18FNOS/c1-18-14-3-2-5-16(6-4-14)13-8-11(10-17)7-12(15)9-13/h7-10,14H,2-6H2,1H3. The molecule has 1 aromatic carbocycles. The Balaban J connectivity index is 2.15. The molecule has 0 N–H and O–H groups in total. The van der Waals surface area contributed by atoms with Crippen LogP contribution in [0.4, 0.5) is 10.1 Å². The largest absolute Gasteiger partial charge is 0.371 e. The minimum absolute atomic E-state index is 0.333.